The maximum absolute atomic E-state index is 13.0. The summed E-state index contributed by atoms with van der Waals surface area (Å²) in [6.07, 6.45) is 0. The second-order valence-corrected chi connectivity index (χ2v) is 6.00. The third-order valence-corrected chi connectivity index (χ3v) is 4.44. The molecule has 0 amide bonds. The highest BCUT2D eigenvalue weighted by molar-refractivity contribution is 6.27. The summed E-state index contributed by atoms with van der Waals surface area (Å²) in [5.74, 6) is 0.153. The van der Waals surface area contributed by atoms with Crippen LogP contribution in [0.4, 0.5) is 0 Å². The molecule has 24 heavy (non-hydrogen) atoms. The standard InChI is InChI=1S/C19H13ClN2O2/c1-11-6-8-12(9-7-11)22-15(10-20)21-16-17(22)19(24)14-5-3-2-4-13(14)18(16)23/h2-9H,10H2,1H3. The van der Waals surface area contributed by atoms with Gasteiger partial charge in [0.05, 0.1) is 5.88 Å². The van der Waals surface area contributed by atoms with Gasteiger partial charge in [0.2, 0.25) is 11.6 Å². The number of aryl methyl sites for hydroxylation is 1. The highest BCUT2D eigenvalue weighted by atomic mass is 35.5. The molecule has 1 heterocycles. The number of rotatable bonds is 2. The van der Waals surface area contributed by atoms with Crippen LogP contribution < -0.4 is 0 Å². The third-order valence-electron chi connectivity index (χ3n) is 4.21. The fourth-order valence-corrected chi connectivity index (χ4v) is 3.21. The van der Waals surface area contributed by atoms with E-state index in [0.29, 0.717) is 22.6 Å². The largest absolute Gasteiger partial charge is 0.292 e. The molecule has 0 aliphatic heterocycles. The van der Waals surface area contributed by atoms with Crippen molar-refractivity contribution in [3.05, 3.63) is 82.4 Å². The average Bonchev–Trinajstić information content (AvgIpc) is 3.00. The van der Waals surface area contributed by atoms with Crippen LogP contribution in [-0.2, 0) is 5.88 Å². The van der Waals surface area contributed by atoms with E-state index in [9.17, 15) is 9.59 Å². The summed E-state index contributed by atoms with van der Waals surface area (Å²) >= 11 is 6.03. The zero-order valence-corrected chi connectivity index (χ0v) is 13.7. The van der Waals surface area contributed by atoms with Gasteiger partial charge in [-0.3, -0.25) is 14.2 Å². The van der Waals surface area contributed by atoms with Crippen LogP contribution in [0, 0.1) is 6.92 Å². The van der Waals surface area contributed by atoms with E-state index < -0.39 is 0 Å². The summed E-state index contributed by atoms with van der Waals surface area (Å²) in [5, 5.41) is 0. The van der Waals surface area contributed by atoms with Gasteiger partial charge in [0.15, 0.2) is 0 Å². The van der Waals surface area contributed by atoms with Crippen molar-refractivity contribution in [2.75, 3.05) is 0 Å². The number of aromatic nitrogens is 2. The molecule has 0 saturated heterocycles. The van der Waals surface area contributed by atoms with Gasteiger partial charge >= 0.3 is 0 Å². The van der Waals surface area contributed by atoms with E-state index in [4.69, 9.17) is 11.6 Å². The Bertz CT molecular complexity index is 987. The summed E-state index contributed by atoms with van der Waals surface area (Å²) in [7, 11) is 0. The summed E-state index contributed by atoms with van der Waals surface area (Å²) in [6, 6.07) is 14.5. The van der Waals surface area contributed by atoms with Crippen molar-refractivity contribution in [2.24, 2.45) is 0 Å². The fourth-order valence-electron chi connectivity index (χ4n) is 3.03. The minimum absolute atomic E-state index is 0.109. The number of halogens is 1. The molecular formula is C19H13ClN2O2. The van der Waals surface area contributed by atoms with Gasteiger partial charge in [-0.1, -0.05) is 42.0 Å². The lowest BCUT2D eigenvalue weighted by Crippen LogP contribution is -2.23. The van der Waals surface area contributed by atoms with E-state index in [-0.39, 0.29) is 23.1 Å². The number of carbonyl (C=O) groups is 2. The monoisotopic (exact) mass is 336 g/mol. The summed E-state index contributed by atoms with van der Waals surface area (Å²) < 4.78 is 1.69. The van der Waals surface area contributed by atoms with Crippen molar-refractivity contribution in [1.82, 2.24) is 9.55 Å². The van der Waals surface area contributed by atoms with E-state index >= 15 is 0 Å². The first-order valence-electron chi connectivity index (χ1n) is 7.55. The first-order valence-corrected chi connectivity index (χ1v) is 8.08. The molecule has 4 nitrogen and oxygen atoms in total. The molecule has 0 spiro atoms. The molecule has 0 unspecified atom stereocenters. The van der Waals surface area contributed by atoms with Crippen LogP contribution in [0.15, 0.2) is 48.5 Å². The lowest BCUT2D eigenvalue weighted by atomic mass is 9.90. The molecule has 5 heteroatoms. The Labute approximate surface area is 143 Å². The van der Waals surface area contributed by atoms with E-state index in [1.165, 1.54) is 0 Å². The predicted octanol–water partition coefficient (Wildman–Crippen LogP) is 3.69. The van der Waals surface area contributed by atoms with Crippen molar-refractivity contribution in [1.29, 1.82) is 0 Å². The van der Waals surface area contributed by atoms with Gasteiger partial charge in [0.25, 0.3) is 0 Å². The lowest BCUT2D eigenvalue weighted by Gasteiger charge is -2.16. The van der Waals surface area contributed by atoms with Gasteiger partial charge in [-0.2, -0.15) is 0 Å². The van der Waals surface area contributed by atoms with Gasteiger partial charge in [-0.15, -0.1) is 11.6 Å². The molecule has 0 atom stereocenters. The maximum atomic E-state index is 13.0. The number of benzene rings is 2. The number of hydrogen-bond acceptors (Lipinski definition) is 3. The maximum Gasteiger partial charge on any atom is 0.214 e. The number of carbonyl (C=O) groups excluding carboxylic acids is 2. The van der Waals surface area contributed by atoms with Crippen molar-refractivity contribution in [3.8, 4) is 5.69 Å². The highest BCUT2D eigenvalue weighted by Crippen LogP contribution is 2.30. The zero-order chi connectivity index (χ0) is 16.8. The van der Waals surface area contributed by atoms with E-state index in [1.54, 1.807) is 28.8 Å². The minimum atomic E-state index is -0.238. The molecule has 0 fully saturated rings. The first kappa shape index (κ1) is 14.8. The number of hydrogen-bond donors (Lipinski definition) is 0. The molecule has 4 rings (SSSR count). The van der Waals surface area contributed by atoms with Crippen molar-refractivity contribution >= 4 is 23.2 Å². The second kappa shape index (κ2) is 5.42. The van der Waals surface area contributed by atoms with Gasteiger partial charge in [-0.05, 0) is 19.1 Å². The molecule has 2 aromatic carbocycles. The second-order valence-electron chi connectivity index (χ2n) is 5.73. The summed E-state index contributed by atoms with van der Waals surface area (Å²) in [5.41, 5.74) is 3.14. The van der Waals surface area contributed by atoms with Crippen LogP contribution in [0.2, 0.25) is 0 Å². The van der Waals surface area contributed by atoms with Crippen molar-refractivity contribution in [2.45, 2.75) is 12.8 Å². The predicted molar refractivity (Wildman–Crippen MR) is 91.2 cm³/mol. The smallest absolute Gasteiger partial charge is 0.214 e. The van der Waals surface area contributed by atoms with Gasteiger partial charge in [0.1, 0.15) is 17.2 Å². The molecule has 0 radical (unpaired) electrons. The number of imidazole rings is 1. The highest BCUT2D eigenvalue weighted by Gasteiger charge is 2.35. The number of fused-ring (bicyclic) bond motifs is 2. The molecule has 1 aliphatic carbocycles. The Morgan fingerprint density at radius 3 is 2.21 bits per heavy atom. The van der Waals surface area contributed by atoms with Crippen LogP contribution >= 0.6 is 11.6 Å². The molecule has 1 aromatic heterocycles. The van der Waals surface area contributed by atoms with Crippen molar-refractivity contribution in [3.63, 3.8) is 0 Å². The number of ketones is 2. The van der Waals surface area contributed by atoms with Crippen LogP contribution in [0.25, 0.3) is 5.69 Å². The first-order chi connectivity index (χ1) is 11.6. The Morgan fingerprint density at radius 1 is 0.958 bits per heavy atom. The average molecular weight is 337 g/mol. The van der Waals surface area contributed by atoms with Gasteiger partial charge in [-0.25, -0.2) is 4.98 Å². The SMILES string of the molecule is Cc1ccc(-n2c(CCl)nc3c2C(=O)c2ccccc2C3=O)cc1. The van der Waals surface area contributed by atoms with Crippen molar-refractivity contribution < 1.29 is 9.59 Å². The van der Waals surface area contributed by atoms with E-state index in [0.717, 1.165) is 11.3 Å². The lowest BCUT2D eigenvalue weighted by molar-refractivity contribution is 0.0972. The van der Waals surface area contributed by atoms with Gasteiger partial charge in [0, 0.05) is 16.8 Å². The molecule has 3 aromatic rings. The quantitative estimate of drug-likeness (QED) is 0.524. The molecule has 1 aliphatic rings. The normalized spacial score (nSPS) is 12.9. The minimum Gasteiger partial charge on any atom is -0.292 e. The number of alkyl halides is 1. The zero-order valence-electron chi connectivity index (χ0n) is 12.9. The third kappa shape index (κ3) is 2.03. The van der Waals surface area contributed by atoms with Crippen LogP contribution in [-0.4, -0.2) is 21.1 Å². The topological polar surface area (TPSA) is 52.0 Å². The Hall–Kier alpha value is -2.72. The Kier molecular flexibility index (Phi) is 3.36. The van der Waals surface area contributed by atoms with Gasteiger partial charge < -0.3 is 0 Å². The molecule has 0 bridgehead atoms. The summed E-state index contributed by atoms with van der Waals surface area (Å²) in [4.78, 5) is 30.1. The van der Waals surface area contributed by atoms with Crippen LogP contribution in [0.1, 0.15) is 43.5 Å². The van der Waals surface area contributed by atoms with E-state index in [1.807, 2.05) is 31.2 Å². The molecule has 118 valence electrons. The van der Waals surface area contributed by atoms with Crippen LogP contribution in [0.3, 0.4) is 0 Å². The Balaban J connectivity index is 2.01. The molecular weight excluding hydrogens is 324 g/mol. The van der Waals surface area contributed by atoms with E-state index in [2.05, 4.69) is 4.98 Å². The summed E-state index contributed by atoms with van der Waals surface area (Å²) in [6.45, 7) is 1.99. The Morgan fingerprint density at radius 2 is 1.58 bits per heavy atom. The molecule has 0 saturated carbocycles. The molecule has 0 N–H and O–H groups in total. The van der Waals surface area contributed by atoms with Crippen LogP contribution in [0.5, 0.6) is 0 Å². The fraction of sp³-hybridized carbons (Fsp3) is 0.105. The number of nitrogens with zero attached hydrogens (tertiary/aromatic N) is 2.